The van der Waals surface area contributed by atoms with E-state index >= 15 is 0 Å². The summed E-state index contributed by atoms with van der Waals surface area (Å²) in [5.41, 5.74) is 0.851. The highest BCUT2D eigenvalue weighted by molar-refractivity contribution is 5.94. The molecule has 0 bridgehead atoms. The van der Waals surface area contributed by atoms with Crippen molar-refractivity contribution in [1.82, 2.24) is 10.6 Å². The zero-order valence-corrected chi connectivity index (χ0v) is 9.89. The van der Waals surface area contributed by atoms with E-state index in [4.69, 9.17) is 5.11 Å². The number of hydrogen-bond acceptors (Lipinski definition) is 3. The van der Waals surface area contributed by atoms with Crippen molar-refractivity contribution in [3.63, 3.8) is 0 Å². The van der Waals surface area contributed by atoms with Gasteiger partial charge in [-0.1, -0.05) is 0 Å². The molecule has 0 spiro atoms. The summed E-state index contributed by atoms with van der Waals surface area (Å²) in [4.78, 5) is 22.5. The van der Waals surface area contributed by atoms with Gasteiger partial charge in [-0.3, -0.25) is 9.59 Å². The Morgan fingerprint density at radius 1 is 1.44 bits per heavy atom. The molecule has 1 fully saturated rings. The molecule has 0 aromatic heterocycles. The lowest BCUT2D eigenvalue weighted by Crippen LogP contribution is -2.41. The number of aliphatic carboxylic acids is 1. The molecule has 0 radical (unpaired) electrons. The van der Waals surface area contributed by atoms with E-state index in [0.29, 0.717) is 5.57 Å². The lowest BCUT2D eigenvalue weighted by molar-refractivity contribution is -0.146. The van der Waals surface area contributed by atoms with Crippen LogP contribution in [-0.4, -0.2) is 36.6 Å². The zero-order chi connectivity index (χ0) is 12.3. The fraction of sp³-hybridized carbons (Fsp3) is 0.636. The molecule has 3 N–H and O–H groups in total. The van der Waals surface area contributed by atoms with Gasteiger partial charge in [0.05, 0.1) is 5.41 Å². The average molecular weight is 226 g/mol. The van der Waals surface area contributed by atoms with Crippen LogP contribution in [0.5, 0.6) is 0 Å². The lowest BCUT2D eigenvalue weighted by atomic mass is 9.93. The van der Waals surface area contributed by atoms with E-state index in [-0.39, 0.29) is 12.5 Å². The summed E-state index contributed by atoms with van der Waals surface area (Å²) in [6, 6.07) is 0. The molecular weight excluding hydrogens is 208 g/mol. The third kappa shape index (κ3) is 2.82. The normalized spacial score (nSPS) is 15.3. The highest BCUT2D eigenvalue weighted by atomic mass is 16.4. The van der Waals surface area contributed by atoms with E-state index in [1.54, 1.807) is 20.8 Å². The Morgan fingerprint density at radius 2 is 2.00 bits per heavy atom. The zero-order valence-electron chi connectivity index (χ0n) is 9.89. The smallest absolute Gasteiger partial charge is 0.310 e. The van der Waals surface area contributed by atoms with Crippen molar-refractivity contribution >= 4 is 11.9 Å². The fourth-order valence-corrected chi connectivity index (χ4v) is 1.19. The van der Waals surface area contributed by atoms with E-state index in [1.807, 2.05) is 0 Å². The standard InChI is InChI=1S/C11H18N2O3/c1-7(8-4-12-5-8)9(14)13-6-11(2,3)10(15)16/h12H,4-6H2,1-3H3,(H,13,14)(H,15,16). The van der Waals surface area contributed by atoms with Crippen LogP contribution in [0.2, 0.25) is 0 Å². The van der Waals surface area contributed by atoms with Crippen molar-refractivity contribution in [2.75, 3.05) is 19.6 Å². The van der Waals surface area contributed by atoms with Crippen molar-refractivity contribution in [2.45, 2.75) is 20.8 Å². The highest BCUT2D eigenvalue weighted by Crippen LogP contribution is 2.14. The Hall–Kier alpha value is -1.36. The molecule has 0 saturated carbocycles. The minimum absolute atomic E-state index is 0.138. The molecule has 90 valence electrons. The largest absolute Gasteiger partial charge is 0.481 e. The summed E-state index contributed by atoms with van der Waals surface area (Å²) < 4.78 is 0. The Kier molecular flexibility index (Phi) is 3.70. The average Bonchev–Trinajstić information content (AvgIpc) is 2.11. The van der Waals surface area contributed by atoms with Crippen LogP contribution in [-0.2, 0) is 9.59 Å². The SMILES string of the molecule is CC(C(=O)NCC(C)(C)C(=O)O)=C1CNC1. The second-order valence-corrected chi connectivity index (χ2v) is 4.70. The summed E-state index contributed by atoms with van der Waals surface area (Å²) in [7, 11) is 0. The Labute approximate surface area is 94.9 Å². The molecule has 1 aliphatic heterocycles. The quantitative estimate of drug-likeness (QED) is 0.595. The van der Waals surface area contributed by atoms with Gasteiger partial charge in [0.15, 0.2) is 0 Å². The van der Waals surface area contributed by atoms with E-state index < -0.39 is 11.4 Å². The first-order chi connectivity index (χ1) is 7.34. The second kappa shape index (κ2) is 4.65. The van der Waals surface area contributed by atoms with Gasteiger partial charge in [-0.15, -0.1) is 0 Å². The number of carbonyl (C=O) groups excluding carboxylic acids is 1. The van der Waals surface area contributed by atoms with Crippen LogP contribution in [0, 0.1) is 5.41 Å². The van der Waals surface area contributed by atoms with E-state index in [2.05, 4.69) is 10.6 Å². The van der Waals surface area contributed by atoms with Crippen molar-refractivity contribution in [3.8, 4) is 0 Å². The van der Waals surface area contributed by atoms with E-state index in [1.165, 1.54) is 0 Å². The van der Waals surface area contributed by atoms with Crippen molar-refractivity contribution in [1.29, 1.82) is 0 Å². The topological polar surface area (TPSA) is 78.4 Å². The first-order valence-electron chi connectivity index (χ1n) is 5.25. The number of rotatable bonds is 4. The van der Waals surface area contributed by atoms with Crippen molar-refractivity contribution < 1.29 is 14.7 Å². The van der Waals surface area contributed by atoms with Crippen LogP contribution >= 0.6 is 0 Å². The van der Waals surface area contributed by atoms with Gasteiger partial charge in [0.2, 0.25) is 5.91 Å². The van der Waals surface area contributed by atoms with Crippen LogP contribution in [0.25, 0.3) is 0 Å². The summed E-state index contributed by atoms with van der Waals surface area (Å²) in [5, 5.41) is 14.6. The molecule has 0 aromatic carbocycles. The van der Waals surface area contributed by atoms with Crippen molar-refractivity contribution in [3.05, 3.63) is 11.1 Å². The molecule has 1 saturated heterocycles. The molecule has 5 nitrogen and oxygen atoms in total. The van der Waals surface area contributed by atoms with Crippen LogP contribution in [0.15, 0.2) is 11.1 Å². The number of amides is 1. The Morgan fingerprint density at radius 3 is 2.38 bits per heavy atom. The summed E-state index contributed by atoms with van der Waals surface area (Å²) in [5.74, 6) is -1.09. The van der Waals surface area contributed by atoms with Crippen LogP contribution in [0.3, 0.4) is 0 Å². The molecular formula is C11H18N2O3. The molecule has 0 aromatic rings. The van der Waals surface area contributed by atoms with Gasteiger partial charge in [-0.25, -0.2) is 0 Å². The van der Waals surface area contributed by atoms with Crippen LogP contribution in [0.1, 0.15) is 20.8 Å². The van der Waals surface area contributed by atoms with Crippen LogP contribution < -0.4 is 10.6 Å². The number of carbonyl (C=O) groups is 2. The summed E-state index contributed by atoms with van der Waals surface area (Å²) >= 11 is 0. The first kappa shape index (κ1) is 12.7. The molecule has 1 aliphatic rings. The molecule has 1 amide bonds. The van der Waals surface area contributed by atoms with E-state index in [9.17, 15) is 9.59 Å². The maximum atomic E-state index is 11.7. The van der Waals surface area contributed by atoms with Gasteiger partial charge in [0.1, 0.15) is 0 Å². The van der Waals surface area contributed by atoms with Gasteiger partial charge < -0.3 is 15.7 Å². The molecule has 0 aliphatic carbocycles. The lowest BCUT2D eigenvalue weighted by Gasteiger charge is -2.23. The molecule has 1 rings (SSSR count). The van der Waals surface area contributed by atoms with E-state index in [0.717, 1.165) is 18.7 Å². The minimum atomic E-state index is -0.932. The van der Waals surface area contributed by atoms with Crippen LogP contribution in [0.4, 0.5) is 0 Å². The second-order valence-electron chi connectivity index (χ2n) is 4.70. The predicted molar refractivity (Wildman–Crippen MR) is 60.0 cm³/mol. The molecule has 0 unspecified atom stereocenters. The number of nitrogens with one attached hydrogen (secondary N) is 2. The number of carboxylic acids is 1. The Bertz CT molecular complexity index is 339. The molecule has 0 atom stereocenters. The van der Waals surface area contributed by atoms with Gasteiger partial charge in [-0.2, -0.15) is 0 Å². The maximum Gasteiger partial charge on any atom is 0.310 e. The fourth-order valence-electron chi connectivity index (χ4n) is 1.19. The van der Waals surface area contributed by atoms with Gasteiger partial charge in [0, 0.05) is 25.2 Å². The molecule has 5 heteroatoms. The minimum Gasteiger partial charge on any atom is -0.481 e. The Balaban J connectivity index is 2.50. The van der Waals surface area contributed by atoms with Gasteiger partial charge in [0.25, 0.3) is 0 Å². The monoisotopic (exact) mass is 226 g/mol. The molecule has 16 heavy (non-hydrogen) atoms. The maximum absolute atomic E-state index is 11.7. The predicted octanol–water partition coefficient (Wildman–Crippen LogP) is 0.133. The third-order valence-electron chi connectivity index (χ3n) is 2.82. The molecule has 1 heterocycles. The summed E-state index contributed by atoms with van der Waals surface area (Å²) in [6.45, 7) is 6.58. The first-order valence-corrected chi connectivity index (χ1v) is 5.25. The summed E-state index contributed by atoms with van der Waals surface area (Å²) in [6.07, 6.45) is 0. The van der Waals surface area contributed by atoms with Gasteiger partial charge in [-0.05, 0) is 26.3 Å². The number of carboxylic acid groups (broad SMARTS) is 1. The van der Waals surface area contributed by atoms with Gasteiger partial charge >= 0.3 is 5.97 Å². The highest BCUT2D eigenvalue weighted by Gasteiger charge is 2.28. The van der Waals surface area contributed by atoms with Crippen molar-refractivity contribution in [2.24, 2.45) is 5.41 Å². The third-order valence-corrected chi connectivity index (χ3v) is 2.82. The number of hydrogen-bond donors (Lipinski definition) is 3.